The van der Waals surface area contributed by atoms with Crippen LogP contribution in [0.4, 0.5) is 4.79 Å². The Balaban J connectivity index is 3.36. The number of carboxylic acid groups (broad SMARTS) is 2. The Hall–Kier alpha value is -1.52. The van der Waals surface area contributed by atoms with Crippen LogP contribution < -0.4 is 0 Å². The van der Waals surface area contributed by atoms with Gasteiger partial charge in [0.25, 0.3) is 0 Å². The fourth-order valence-electron chi connectivity index (χ4n) is 0.268. The van der Waals surface area contributed by atoms with Crippen LogP contribution in [0.1, 0.15) is 0 Å². The molecule has 0 aromatic heterocycles. The van der Waals surface area contributed by atoms with Crippen LogP contribution in [0.25, 0.3) is 0 Å². The quantitative estimate of drug-likeness (QED) is 0.442. The van der Waals surface area contributed by atoms with E-state index in [0.717, 1.165) is 12.2 Å². The average Bonchev–Trinajstić information content (AvgIpc) is 1.79. The molecule has 5 heteroatoms. The van der Waals surface area contributed by atoms with Crippen molar-refractivity contribution in [3.8, 4) is 0 Å². The first-order chi connectivity index (χ1) is 4.63. The number of ether oxygens (including phenoxy) is 1. The van der Waals surface area contributed by atoms with Crippen LogP contribution in [0, 0.1) is 0 Å². The van der Waals surface area contributed by atoms with Gasteiger partial charge in [-0.05, 0) is 6.08 Å². The topological polar surface area (TPSA) is 83.8 Å². The maximum Gasteiger partial charge on any atom is 0.506 e. The third-order valence-electron chi connectivity index (χ3n) is 0.563. The highest BCUT2D eigenvalue weighted by molar-refractivity contribution is 5.79. The van der Waals surface area contributed by atoms with Crippen LogP contribution in [0.5, 0.6) is 0 Å². The Morgan fingerprint density at radius 1 is 1.40 bits per heavy atom. The van der Waals surface area contributed by atoms with Gasteiger partial charge >= 0.3 is 12.1 Å². The van der Waals surface area contributed by atoms with E-state index in [0.29, 0.717) is 0 Å². The zero-order valence-electron chi connectivity index (χ0n) is 4.98. The van der Waals surface area contributed by atoms with Gasteiger partial charge in [-0.3, -0.25) is 0 Å². The fourth-order valence-corrected chi connectivity index (χ4v) is 0.268. The number of carbonyl (C=O) groups is 2. The van der Waals surface area contributed by atoms with E-state index >= 15 is 0 Å². The maximum absolute atomic E-state index is 9.75. The lowest BCUT2D eigenvalue weighted by atomic mass is 10.5. The van der Waals surface area contributed by atoms with Crippen molar-refractivity contribution in [3.63, 3.8) is 0 Å². The molecule has 0 rings (SSSR count). The molecule has 0 saturated heterocycles. The molecule has 0 aliphatic rings. The summed E-state index contributed by atoms with van der Waals surface area (Å²) in [6.07, 6.45) is 0.481. The van der Waals surface area contributed by atoms with Gasteiger partial charge in [-0.15, -0.1) is 0 Å². The summed E-state index contributed by atoms with van der Waals surface area (Å²) in [6, 6.07) is 0. The molecule has 0 unspecified atom stereocenters. The van der Waals surface area contributed by atoms with Crippen molar-refractivity contribution in [1.29, 1.82) is 0 Å². The first kappa shape index (κ1) is 8.48. The molecule has 10 heavy (non-hydrogen) atoms. The van der Waals surface area contributed by atoms with Crippen molar-refractivity contribution in [2.75, 3.05) is 6.61 Å². The van der Waals surface area contributed by atoms with Crippen LogP contribution >= 0.6 is 0 Å². The van der Waals surface area contributed by atoms with Gasteiger partial charge in [0.1, 0.15) is 6.61 Å². The molecule has 0 atom stereocenters. The zero-order valence-corrected chi connectivity index (χ0v) is 4.98. The van der Waals surface area contributed by atoms with Crippen molar-refractivity contribution in [2.45, 2.75) is 0 Å². The minimum Gasteiger partial charge on any atom is -0.478 e. The highest BCUT2D eigenvalue weighted by atomic mass is 16.7. The molecular weight excluding hydrogens is 140 g/mol. The lowest BCUT2D eigenvalue weighted by Crippen LogP contribution is -1.99. The van der Waals surface area contributed by atoms with Gasteiger partial charge < -0.3 is 14.9 Å². The molecule has 56 valence electrons. The van der Waals surface area contributed by atoms with Crippen LogP contribution in [-0.4, -0.2) is 28.9 Å². The predicted molar refractivity (Wildman–Crippen MR) is 30.8 cm³/mol. The number of aliphatic carboxylic acids is 1. The molecule has 0 spiro atoms. The van der Waals surface area contributed by atoms with Crippen LogP contribution in [-0.2, 0) is 9.53 Å². The van der Waals surface area contributed by atoms with Crippen LogP contribution in [0.3, 0.4) is 0 Å². The smallest absolute Gasteiger partial charge is 0.478 e. The van der Waals surface area contributed by atoms with E-state index in [2.05, 4.69) is 4.74 Å². The van der Waals surface area contributed by atoms with Gasteiger partial charge in [0.2, 0.25) is 0 Å². The molecule has 5 nitrogen and oxygen atoms in total. The molecule has 0 heterocycles. The zero-order chi connectivity index (χ0) is 7.98. The lowest BCUT2D eigenvalue weighted by molar-refractivity contribution is -0.131. The van der Waals surface area contributed by atoms with Crippen LogP contribution in [0.2, 0.25) is 0 Å². The van der Waals surface area contributed by atoms with E-state index in [1.807, 2.05) is 0 Å². The largest absolute Gasteiger partial charge is 0.506 e. The van der Waals surface area contributed by atoms with E-state index in [9.17, 15) is 9.59 Å². The summed E-state index contributed by atoms with van der Waals surface area (Å²) in [6.45, 7) is -0.234. The fraction of sp³-hybridized carbons (Fsp3) is 0.200. The molecule has 0 aliphatic carbocycles. The summed E-state index contributed by atoms with van der Waals surface area (Å²) in [5.74, 6) is -1.13. The monoisotopic (exact) mass is 146 g/mol. The maximum atomic E-state index is 9.75. The summed E-state index contributed by atoms with van der Waals surface area (Å²) in [5.41, 5.74) is 0. The molecule has 0 aromatic rings. The average molecular weight is 146 g/mol. The summed E-state index contributed by atoms with van der Waals surface area (Å²) >= 11 is 0. The Morgan fingerprint density at radius 3 is 2.40 bits per heavy atom. The number of hydrogen-bond donors (Lipinski definition) is 2. The van der Waals surface area contributed by atoms with E-state index in [1.54, 1.807) is 0 Å². The third-order valence-corrected chi connectivity index (χ3v) is 0.563. The summed E-state index contributed by atoms with van der Waals surface area (Å²) in [5, 5.41) is 15.9. The van der Waals surface area contributed by atoms with Gasteiger partial charge in [-0.1, -0.05) is 0 Å². The number of carboxylic acids is 1. The summed E-state index contributed by atoms with van der Waals surface area (Å²) in [4.78, 5) is 19.4. The standard InChI is InChI=1S/C5H6O5/c6-4(7)2-1-3-10-5(8)9/h1-2H,3H2,(H,6,7)(H,8,9). The van der Waals surface area contributed by atoms with Crippen molar-refractivity contribution >= 4 is 12.1 Å². The molecule has 0 aromatic carbocycles. The van der Waals surface area contributed by atoms with Crippen molar-refractivity contribution < 1.29 is 24.5 Å². The SMILES string of the molecule is O=C(O)C=CCOC(=O)O. The Bertz CT molecular complexity index is 159. The second kappa shape index (κ2) is 4.37. The van der Waals surface area contributed by atoms with E-state index in [4.69, 9.17) is 10.2 Å². The minimum absolute atomic E-state index is 0.234. The Morgan fingerprint density at radius 2 is 2.00 bits per heavy atom. The van der Waals surface area contributed by atoms with Gasteiger partial charge in [0.05, 0.1) is 0 Å². The molecule has 0 aliphatic heterocycles. The summed E-state index contributed by atoms with van der Waals surface area (Å²) in [7, 11) is 0. The predicted octanol–water partition coefficient (Wildman–Crippen LogP) is 0.322. The Kier molecular flexibility index (Phi) is 3.70. The number of rotatable bonds is 3. The van der Waals surface area contributed by atoms with E-state index < -0.39 is 12.1 Å². The van der Waals surface area contributed by atoms with Crippen molar-refractivity contribution in [1.82, 2.24) is 0 Å². The lowest BCUT2D eigenvalue weighted by Gasteiger charge is -1.90. The molecule has 0 bridgehead atoms. The third kappa shape index (κ3) is 6.48. The first-order valence-corrected chi connectivity index (χ1v) is 2.38. The highest BCUT2D eigenvalue weighted by Gasteiger charge is 1.91. The Labute approximate surface area is 56.5 Å². The molecule has 0 radical (unpaired) electrons. The van der Waals surface area contributed by atoms with E-state index in [1.165, 1.54) is 0 Å². The first-order valence-electron chi connectivity index (χ1n) is 2.38. The van der Waals surface area contributed by atoms with Gasteiger partial charge in [-0.2, -0.15) is 0 Å². The summed E-state index contributed by atoms with van der Waals surface area (Å²) < 4.78 is 3.96. The minimum atomic E-state index is -1.42. The van der Waals surface area contributed by atoms with Crippen LogP contribution in [0.15, 0.2) is 12.2 Å². The molecule has 0 saturated carbocycles. The van der Waals surface area contributed by atoms with Gasteiger partial charge in [0.15, 0.2) is 0 Å². The van der Waals surface area contributed by atoms with Gasteiger partial charge in [-0.25, -0.2) is 9.59 Å². The van der Waals surface area contributed by atoms with Crippen molar-refractivity contribution in [2.24, 2.45) is 0 Å². The number of hydrogen-bond acceptors (Lipinski definition) is 3. The highest BCUT2D eigenvalue weighted by Crippen LogP contribution is 1.78. The van der Waals surface area contributed by atoms with E-state index in [-0.39, 0.29) is 6.61 Å². The molecule has 0 amide bonds. The normalized spacial score (nSPS) is 9.60. The molecule has 2 N–H and O–H groups in total. The molecular formula is C5H6O5. The second-order valence-electron chi connectivity index (χ2n) is 1.32. The second-order valence-corrected chi connectivity index (χ2v) is 1.32. The van der Waals surface area contributed by atoms with Gasteiger partial charge in [0, 0.05) is 6.08 Å². The molecule has 0 fully saturated rings. The van der Waals surface area contributed by atoms with Crippen molar-refractivity contribution in [3.05, 3.63) is 12.2 Å².